The van der Waals surface area contributed by atoms with Gasteiger partial charge in [-0.05, 0) is 31.3 Å². The highest BCUT2D eigenvalue weighted by Gasteiger charge is 2.22. The number of hydrogen-bond acceptors (Lipinski definition) is 7. The summed E-state index contributed by atoms with van der Waals surface area (Å²) in [6.45, 7) is 0.110. The van der Waals surface area contributed by atoms with E-state index in [2.05, 4.69) is 4.72 Å². The van der Waals surface area contributed by atoms with Crippen LogP contribution in [0.3, 0.4) is 0 Å². The maximum absolute atomic E-state index is 15.3. The summed E-state index contributed by atoms with van der Waals surface area (Å²) in [5.74, 6) is -1.84. The third-order valence-electron chi connectivity index (χ3n) is 5.15. The smallest absolute Gasteiger partial charge is 0.414 e. The first-order chi connectivity index (χ1) is 16.8. The van der Waals surface area contributed by atoms with Crippen LogP contribution in [0.2, 0.25) is 0 Å². The minimum atomic E-state index is -3.98. The zero-order valence-electron chi connectivity index (χ0n) is 20.3. The van der Waals surface area contributed by atoms with E-state index in [4.69, 9.17) is 9.15 Å². The van der Waals surface area contributed by atoms with Gasteiger partial charge in [-0.15, -0.1) is 0 Å². The number of anilines is 1. The van der Waals surface area contributed by atoms with Gasteiger partial charge in [0.05, 0.1) is 11.1 Å². The van der Waals surface area contributed by atoms with E-state index in [0.717, 1.165) is 11.0 Å². The van der Waals surface area contributed by atoms with E-state index >= 15 is 8.78 Å². The molecule has 0 saturated carbocycles. The number of carbonyl (C=O) groups excluding carboxylic acids is 1. The standard InChI is InChI=1S/C23H26F2N4O6S/c1-26-36(32,33)27-18-8-6-7-13(21(18)25)9-15-16(12-28(2)3)20-17(24)10-14(34-23(31)29(4)5)11-19(20)35-22(15)30/h6-8,10-11,26-27H,9,12H2,1-5H3. The Bertz CT molecular complexity index is 1470. The van der Waals surface area contributed by atoms with Gasteiger partial charge in [-0.1, -0.05) is 12.1 Å². The van der Waals surface area contributed by atoms with Gasteiger partial charge in [0.25, 0.3) is 10.2 Å². The Hall–Kier alpha value is -3.55. The molecule has 3 rings (SSSR count). The van der Waals surface area contributed by atoms with Crippen molar-refractivity contribution in [1.82, 2.24) is 14.5 Å². The fourth-order valence-corrected chi connectivity index (χ4v) is 4.02. The molecule has 0 aliphatic carbocycles. The van der Waals surface area contributed by atoms with Crippen LogP contribution in [0.5, 0.6) is 5.75 Å². The average molecular weight is 525 g/mol. The van der Waals surface area contributed by atoms with Crippen LogP contribution >= 0.6 is 0 Å². The second-order valence-electron chi connectivity index (χ2n) is 8.39. The third-order valence-corrected chi connectivity index (χ3v) is 6.17. The average Bonchev–Trinajstić information content (AvgIpc) is 2.77. The van der Waals surface area contributed by atoms with Crippen LogP contribution in [0.1, 0.15) is 16.7 Å². The van der Waals surface area contributed by atoms with E-state index < -0.39 is 33.6 Å². The summed E-state index contributed by atoms with van der Waals surface area (Å²) in [5.41, 5.74) is -1.04. The molecular weight excluding hydrogens is 498 g/mol. The molecule has 3 aromatic rings. The fraction of sp³-hybridized carbons (Fsp3) is 0.304. The summed E-state index contributed by atoms with van der Waals surface area (Å²) in [7, 11) is 3.52. The van der Waals surface area contributed by atoms with Crippen molar-refractivity contribution in [2.75, 3.05) is 40.0 Å². The molecule has 0 spiro atoms. The minimum Gasteiger partial charge on any atom is -0.422 e. The molecule has 2 N–H and O–H groups in total. The van der Waals surface area contributed by atoms with E-state index in [1.807, 2.05) is 4.72 Å². The monoisotopic (exact) mass is 524 g/mol. The van der Waals surface area contributed by atoms with Gasteiger partial charge < -0.3 is 19.0 Å². The molecule has 0 aliphatic rings. The maximum atomic E-state index is 15.3. The van der Waals surface area contributed by atoms with E-state index in [9.17, 15) is 18.0 Å². The highest BCUT2D eigenvalue weighted by atomic mass is 32.2. The summed E-state index contributed by atoms with van der Waals surface area (Å²) in [6, 6.07) is 6.27. The van der Waals surface area contributed by atoms with E-state index in [1.165, 1.54) is 45.4 Å². The van der Waals surface area contributed by atoms with Crippen molar-refractivity contribution in [3.63, 3.8) is 0 Å². The van der Waals surface area contributed by atoms with Gasteiger partial charge >= 0.3 is 11.7 Å². The quantitative estimate of drug-likeness (QED) is 0.435. The predicted molar refractivity (Wildman–Crippen MR) is 130 cm³/mol. The van der Waals surface area contributed by atoms with E-state index in [-0.39, 0.29) is 52.1 Å². The first-order valence-electron chi connectivity index (χ1n) is 10.6. The zero-order chi connectivity index (χ0) is 26.8. The molecule has 10 nitrogen and oxygen atoms in total. The Labute approximate surface area is 206 Å². The van der Waals surface area contributed by atoms with Crippen molar-refractivity contribution in [3.05, 3.63) is 69.1 Å². The molecule has 1 heterocycles. The molecule has 0 aliphatic heterocycles. The number of carbonyl (C=O) groups is 1. The molecule has 0 atom stereocenters. The first kappa shape index (κ1) is 27.0. The van der Waals surface area contributed by atoms with Crippen molar-refractivity contribution >= 4 is 33.0 Å². The van der Waals surface area contributed by atoms with Gasteiger partial charge in [0.15, 0.2) is 5.82 Å². The largest absolute Gasteiger partial charge is 0.422 e. The normalized spacial score (nSPS) is 11.7. The SMILES string of the molecule is CNS(=O)(=O)Nc1cccc(Cc2c(CN(C)C)c3c(F)cc(OC(=O)N(C)C)cc3oc2=O)c1F. The Morgan fingerprint density at radius 1 is 1.11 bits per heavy atom. The number of amides is 1. The molecule has 0 bridgehead atoms. The zero-order valence-corrected chi connectivity index (χ0v) is 21.1. The van der Waals surface area contributed by atoms with Crippen LogP contribution in [-0.4, -0.2) is 59.5 Å². The lowest BCUT2D eigenvalue weighted by Gasteiger charge is -2.18. The molecule has 0 saturated heterocycles. The Balaban J connectivity index is 2.15. The molecule has 13 heteroatoms. The number of nitrogens with zero attached hydrogens (tertiary/aromatic N) is 2. The Morgan fingerprint density at radius 3 is 2.42 bits per heavy atom. The highest BCUT2D eigenvalue weighted by molar-refractivity contribution is 7.90. The first-order valence-corrected chi connectivity index (χ1v) is 12.1. The molecule has 1 aromatic heterocycles. The molecule has 0 fully saturated rings. The van der Waals surface area contributed by atoms with Gasteiger partial charge in [-0.3, -0.25) is 4.72 Å². The maximum Gasteiger partial charge on any atom is 0.414 e. The van der Waals surface area contributed by atoms with Crippen molar-refractivity contribution < 1.29 is 31.1 Å². The Morgan fingerprint density at radius 2 is 1.81 bits per heavy atom. The lowest BCUT2D eigenvalue weighted by Crippen LogP contribution is -2.27. The van der Waals surface area contributed by atoms with Crippen LogP contribution in [0.15, 0.2) is 39.5 Å². The molecular formula is C23H26F2N4O6S. The van der Waals surface area contributed by atoms with Crippen molar-refractivity contribution in [2.24, 2.45) is 0 Å². The minimum absolute atomic E-state index is 0.000611. The summed E-state index contributed by atoms with van der Waals surface area (Å²) >= 11 is 0. The van der Waals surface area contributed by atoms with Gasteiger partial charge in [0.1, 0.15) is 17.1 Å². The van der Waals surface area contributed by atoms with Crippen LogP contribution in [0, 0.1) is 11.6 Å². The number of halogens is 2. The highest BCUT2D eigenvalue weighted by Crippen LogP contribution is 2.31. The summed E-state index contributed by atoms with van der Waals surface area (Å²) in [4.78, 5) is 27.7. The van der Waals surface area contributed by atoms with E-state index in [1.54, 1.807) is 19.0 Å². The van der Waals surface area contributed by atoms with Crippen LogP contribution in [0.25, 0.3) is 11.0 Å². The number of ether oxygens (including phenoxy) is 1. The van der Waals surface area contributed by atoms with Gasteiger partial charge in [-0.2, -0.15) is 8.42 Å². The molecule has 1 amide bonds. The summed E-state index contributed by atoms with van der Waals surface area (Å²) in [6.07, 6.45) is -1.04. The number of fused-ring (bicyclic) bond motifs is 1. The van der Waals surface area contributed by atoms with Gasteiger partial charge in [0, 0.05) is 51.8 Å². The molecule has 0 unspecified atom stereocenters. The molecule has 0 radical (unpaired) electrons. The van der Waals surface area contributed by atoms with E-state index in [0.29, 0.717) is 0 Å². The number of rotatable bonds is 8. The third kappa shape index (κ3) is 5.98. The summed E-state index contributed by atoms with van der Waals surface area (Å²) < 4.78 is 68.6. The second-order valence-corrected chi connectivity index (χ2v) is 10.0. The van der Waals surface area contributed by atoms with Crippen LogP contribution in [-0.2, 0) is 23.2 Å². The van der Waals surface area contributed by atoms with Gasteiger partial charge in [0.2, 0.25) is 0 Å². The van der Waals surface area contributed by atoms with Crippen molar-refractivity contribution in [1.29, 1.82) is 0 Å². The number of benzene rings is 2. The van der Waals surface area contributed by atoms with Crippen molar-refractivity contribution in [2.45, 2.75) is 13.0 Å². The number of hydrogen-bond donors (Lipinski definition) is 2. The summed E-state index contributed by atoms with van der Waals surface area (Å²) in [5, 5.41) is -0.0181. The van der Waals surface area contributed by atoms with Crippen LogP contribution in [0.4, 0.5) is 19.3 Å². The molecule has 194 valence electrons. The Kier molecular flexibility index (Phi) is 7.96. The fourth-order valence-electron chi connectivity index (χ4n) is 3.47. The second kappa shape index (κ2) is 10.6. The topological polar surface area (TPSA) is 121 Å². The lowest BCUT2D eigenvalue weighted by atomic mass is 9.97. The van der Waals surface area contributed by atoms with Crippen LogP contribution < -0.4 is 19.8 Å². The lowest BCUT2D eigenvalue weighted by molar-refractivity contribution is 0.172. The molecule has 2 aromatic carbocycles. The van der Waals surface area contributed by atoms with Gasteiger partial charge in [-0.25, -0.2) is 23.1 Å². The number of nitrogens with one attached hydrogen (secondary N) is 2. The molecule has 36 heavy (non-hydrogen) atoms. The van der Waals surface area contributed by atoms with Crippen molar-refractivity contribution in [3.8, 4) is 5.75 Å². The predicted octanol–water partition coefficient (Wildman–Crippen LogP) is 2.66.